The van der Waals surface area contributed by atoms with Gasteiger partial charge in [-0.15, -0.1) is 5.10 Å². The number of nitrogens with one attached hydrogen (secondary N) is 2. The summed E-state index contributed by atoms with van der Waals surface area (Å²) in [6.07, 6.45) is 2.34. The van der Waals surface area contributed by atoms with Crippen molar-refractivity contribution >= 4 is 23.1 Å². The minimum Gasteiger partial charge on any atom is -0.362 e. The summed E-state index contributed by atoms with van der Waals surface area (Å²) in [6.45, 7) is 2.78. The molecule has 0 saturated carbocycles. The molecule has 0 aliphatic rings. The number of rotatable bonds is 4. The Balaban J connectivity index is 1.84. The summed E-state index contributed by atoms with van der Waals surface area (Å²) < 4.78 is 0. The van der Waals surface area contributed by atoms with Gasteiger partial charge in [0.2, 0.25) is 0 Å². The average molecular weight is 297 g/mol. The lowest BCUT2D eigenvalue weighted by Crippen LogP contribution is -2.30. The molecule has 6 heteroatoms. The first-order chi connectivity index (χ1) is 10.2. The van der Waals surface area contributed by atoms with Gasteiger partial charge >= 0.3 is 0 Å². The topological polar surface area (TPSA) is 73.6 Å². The third kappa shape index (κ3) is 4.51. The van der Waals surface area contributed by atoms with Gasteiger partial charge in [-0.25, -0.2) is 0 Å². The second-order valence-electron chi connectivity index (χ2n) is 4.53. The van der Waals surface area contributed by atoms with Gasteiger partial charge in [-0.2, -0.15) is 10.4 Å². The van der Waals surface area contributed by atoms with Crippen molar-refractivity contribution < 1.29 is 0 Å². The van der Waals surface area contributed by atoms with E-state index in [4.69, 9.17) is 17.5 Å². The maximum absolute atomic E-state index is 8.96. The highest BCUT2D eigenvalue weighted by Crippen LogP contribution is 2.08. The lowest BCUT2D eigenvalue weighted by Gasteiger charge is -2.10. The van der Waals surface area contributed by atoms with Crippen LogP contribution in [0.15, 0.2) is 36.5 Å². The first-order valence-corrected chi connectivity index (χ1v) is 6.92. The van der Waals surface area contributed by atoms with E-state index in [1.165, 1.54) is 17.3 Å². The van der Waals surface area contributed by atoms with Gasteiger partial charge in [0.15, 0.2) is 10.9 Å². The minimum atomic E-state index is 0.369. The van der Waals surface area contributed by atoms with E-state index in [1.807, 2.05) is 12.1 Å². The largest absolute Gasteiger partial charge is 0.362 e. The van der Waals surface area contributed by atoms with Crippen LogP contribution in [0.2, 0.25) is 0 Å². The minimum absolute atomic E-state index is 0.369. The number of thiocarbonyl (C=S) groups is 1. The molecule has 0 saturated heterocycles. The molecule has 0 bridgehead atoms. The molecular formula is C15H15N5S. The molecule has 21 heavy (non-hydrogen) atoms. The molecule has 0 fully saturated rings. The Hall–Kier alpha value is -2.52. The SMILES string of the molecule is Cc1cccc(CCNC(=S)Nc2nnccc2C#N)c1. The standard InChI is InChI=1S/C15H15N5S/c1-11-3-2-4-12(9-11)5-7-17-15(21)19-14-13(10-16)6-8-18-20-14/h2-4,6,8-9H,5,7H2,1H3,(H2,17,19,20,21). The van der Waals surface area contributed by atoms with Crippen LogP contribution < -0.4 is 10.6 Å². The Bertz CT molecular complexity index is 678. The second kappa shape index (κ2) is 7.31. The molecule has 5 nitrogen and oxygen atoms in total. The number of aryl methyl sites for hydroxylation is 1. The average Bonchev–Trinajstić information content (AvgIpc) is 2.48. The molecule has 1 aromatic carbocycles. The second-order valence-corrected chi connectivity index (χ2v) is 4.93. The van der Waals surface area contributed by atoms with E-state index in [0.29, 0.717) is 23.0 Å². The Kier molecular flexibility index (Phi) is 5.18. The van der Waals surface area contributed by atoms with Gasteiger partial charge in [0, 0.05) is 6.54 Å². The fraction of sp³-hybridized carbons (Fsp3) is 0.200. The lowest BCUT2D eigenvalue weighted by atomic mass is 10.1. The number of hydrogen-bond donors (Lipinski definition) is 2. The van der Waals surface area contributed by atoms with Gasteiger partial charge in [-0.3, -0.25) is 0 Å². The zero-order chi connectivity index (χ0) is 15.1. The summed E-state index contributed by atoms with van der Waals surface area (Å²) >= 11 is 5.19. The molecule has 0 aliphatic carbocycles. The summed E-state index contributed by atoms with van der Waals surface area (Å²) in [6, 6.07) is 12.0. The molecule has 0 radical (unpaired) electrons. The molecule has 1 aromatic heterocycles. The summed E-state index contributed by atoms with van der Waals surface area (Å²) in [5, 5.41) is 23.0. The molecule has 1 heterocycles. The maximum Gasteiger partial charge on any atom is 0.172 e. The van der Waals surface area contributed by atoms with Gasteiger partial charge in [-0.05, 0) is 37.2 Å². The zero-order valence-electron chi connectivity index (χ0n) is 11.6. The van der Waals surface area contributed by atoms with Crippen LogP contribution in [0, 0.1) is 18.3 Å². The van der Waals surface area contributed by atoms with Crippen molar-refractivity contribution in [3.8, 4) is 6.07 Å². The zero-order valence-corrected chi connectivity index (χ0v) is 12.4. The highest BCUT2D eigenvalue weighted by Gasteiger charge is 2.05. The lowest BCUT2D eigenvalue weighted by molar-refractivity contribution is 0.871. The third-order valence-corrected chi connectivity index (χ3v) is 3.10. The summed E-state index contributed by atoms with van der Waals surface area (Å²) in [7, 11) is 0. The number of aromatic nitrogens is 2. The molecule has 2 N–H and O–H groups in total. The first kappa shape index (κ1) is 14.9. The molecule has 0 spiro atoms. The van der Waals surface area contributed by atoms with Crippen molar-refractivity contribution in [3.05, 3.63) is 53.2 Å². The summed E-state index contributed by atoms with van der Waals surface area (Å²) in [5.41, 5.74) is 2.90. The van der Waals surface area contributed by atoms with E-state index in [1.54, 1.807) is 6.07 Å². The number of nitriles is 1. The van der Waals surface area contributed by atoms with Crippen molar-refractivity contribution in [1.29, 1.82) is 5.26 Å². The Morgan fingerprint density at radius 3 is 3.00 bits per heavy atom. The van der Waals surface area contributed by atoms with Gasteiger partial charge in [0.1, 0.15) is 6.07 Å². The van der Waals surface area contributed by atoms with Crippen molar-refractivity contribution in [3.63, 3.8) is 0 Å². The first-order valence-electron chi connectivity index (χ1n) is 6.51. The third-order valence-electron chi connectivity index (χ3n) is 2.85. The number of nitrogens with zero attached hydrogens (tertiary/aromatic N) is 3. The highest BCUT2D eigenvalue weighted by atomic mass is 32.1. The molecule has 0 unspecified atom stereocenters. The Morgan fingerprint density at radius 2 is 2.24 bits per heavy atom. The monoisotopic (exact) mass is 297 g/mol. The molecule has 2 aromatic rings. The number of benzene rings is 1. The van der Waals surface area contributed by atoms with Gasteiger partial charge in [0.05, 0.1) is 11.8 Å². The van der Waals surface area contributed by atoms with Crippen LogP contribution >= 0.6 is 12.2 Å². The molecule has 0 aliphatic heterocycles. The fourth-order valence-corrected chi connectivity index (χ4v) is 2.05. The van der Waals surface area contributed by atoms with Crippen molar-refractivity contribution in [2.45, 2.75) is 13.3 Å². The van der Waals surface area contributed by atoms with Gasteiger partial charge in [-0.1, -0.05) is 29.8 Å². The molecule has 2 rings (SSSR count). The Labute approximate surface area is 129 Å². The van der Waals surface area contributed by atoms with Crippen LogP contribution in [0.1, 0.15) is 16.7 Å². The van der Waals surface area contributed by atoms with E-state index in [-0.39, 0.29) is 0 Å². The normalized spacial score (nSPS) is 9.71. The van der Waals surface area contributed by atoms with Crippen LogP contribution in [0.5, 0.6) is 0 Å². The van der Waals surface area contributed by atoms with Gasteiger partial charge < -0.3 is 10.6 Å². The molecule has 106 valence electrons. The molecular weight excluding hydrogens is 282 g/mol. The predicted octanol–water partition coefficient (Wildman–Crippen LogP) is 2.19. The van der Waals surface area contributed by atoms with Crippen molar-refractivity contribution in [2.24, 2.45) is 0 Å². The number of anilines is 1. The Morgan fingerprint density at radius 1 is 1.38 bits per heavy atom. The van der Waals surface area contributed by atoms with Crippen LogP contribution in [-0.2, 0) is 6.42 Å². The van der Waals surface area contributed by atoms with E-state index in [9.17, 15) is 0 Å². The smallest absolute Gasteiger partial charge is 0.172 e. The van der Waals surface area contributed by atoms with E-state index in [2.05, 4.69) is 46.0 Å². The van der Waals surface area contributed by atoms with Crippen LogP contribution in [0.25, 0.3) is 0 Å². The molecule has 0 amide bonds. The van der Waals surface area contributed by atoms with Gasteiger partial charge in [0.25, 0.3) is 0 Å². The van der Waals surface area contributed by atoms with Crippen LogP contribution in [-0.4, -0.2) is 21.9 Å². The van der Waals surface area contributed by atoms with Crippen molar-refractivity contribution in [1.82, 2.24) is 15.5 Å². The maximum atomic E-state index is 8.96. The van der Waals surface area contributed by atoms with E-state index in [0.717, 1.165) is 6.42 Å². The summed E-state index contributed by atoms with van der Waals surface area (Å²) in [4.78, 5) is 0. The quantitative estimate of drug-likeness (QED) is 0.843. The van der Waals surface area contributed by atoms with Crippen molar-refractivity contribution in [2.75, 3.05) is 11.9 Å². The summed E-state index contributed by atoms with van der Waals surface area (Å²) in [5.74, 6) is 0.369. The number of hydrogen-bond acceptors (Lipinski definition) is 4. The predicted molar refractivity (Wildman–Crippen MR) is 85.9 cm³/mol. The van der Waals surface area contributed by atoms with Crippen LogP contribution in [0.4, 0.5) is 5.82 Å². The fourth-order valence-electron chi connectivity index (χ4n) is 1.85. The highest BCUT2D eigenvalue weighted by molar-refractivity contribution is 7.80. The van der Waals surface area contributed by atoms with Crippen LogP contribution in [0.3, 0.4) is 0 Å². The molecule has 0 atom stereocenters. The van der Waals surface area contributed by atoms with E-state index < -0.39 is 0 Å². The van der Waals surface area contributed by atoms with E-state index >= 15 is 0 Å².